The Kier molecular flexibility index (Phi) is 2.92. The van der Waals surface area contributed by atoms with Crippen LogP contribution in [0.4, 0.5) is 0 Å². The van der Waals surface area contributed by atoms with Gasteiger partial charge in [-0.05, 0) is 34.5 Å². The lowest BCUT2D eigenvalue weighted by Gasteiger charge is -2.11. The summed E-state index contributed by atoms with van der Waals surface area (Å²) >= 11 is 1.66. The first-order valence-corrected chi connectivity index (χ1v) is 5.54. The molecule has 1 heterocycles. The van der Waals surface area contributed by atoms with Gasteiger partial charge in [-0.1, -0.05) is 6.07 Å². The van der Waals surface area contributed by atoms with Gasteiger partial charge >= 0.3 is 0 Å². The zero-order chi connectivity index (χ0) is 10.7. The van der Waals surface area contributed by atoms with Crippen LogP contribution < -0.4 is 9.47 Å². The molecule has 0 N–H and O–H groups in total. The average Bonchev–Trinajstić information content (AvgIpc) is 2.81. The number of benzene rings is 1. The van der Waals surface area contributed by atoms with Gasteiger partial charge in [-0.3, -0.25) is 0 Å². The molecule has 1 aromatic carbocycles. The van der Waals surface area contributed by atoms with Crippen LogP contribution in [0, 0.1) is 0 Å². The fourth-order valence-electron chi connectivity index (χ4n) is 1.54. The maximum atomic E-state index is 5.34. The van der Waals surface area contributed by atoms with Crippen molar-refractivity contribution in [3.63, 3.8) is 0 Å². The van der Waals surface area contributed by atoms with Crippen LogP contribution in [0.5, 0.6) is 11.5 Å². The van der Waals surface area contributed by atoms with Gasteiger partial charge in [0.1, 0.15) is 11.5 Å². The molecule has 15 heavy (non-hydrogen) atoms. The van der Waals surface area contributed by atoms with Crippen LogP contribution >= 0.6 is 11.3 Å². The third kappa shape index (κ3) is 1.83. The van der Waals surface area contributed by atoms with Crippen molar-refractivity contribution in [1.29, 1.82) is 0 Å². The molecule has 0 spiro atoms. The lowest BCUT2D eigenvalue weighted by atomic mass is 10.1. The summed E-state index contributed by atoms with van der Waals surface area (Å²) in [6, 6.07) is 7.86. The highest BCUT2D eigenvalue weighted by Gasteiger charge is 2.11. The summed E-state index contributed by atoms with van der Waals surface area (Å²) < 4.78 is 10.7. The van der Waals surface area contributed by atoms with Crippen molar-refractivity contribution in [2.24, 2.45) is 0 Å². The summed E-state index contributed by atoms with van der Waals surface area (Å²) in [4.78, 5) is 0. The van der Waals surface area contributed by atoms with Gasteiger partial charge in [-0.2, -0.15) is 11.3 Å². The van der Waals surface area contributed by atoms with Gasteiger partial charge in [-0.25, -0.2) is 0 Å². The van der Waals surface area contributed by atoms with E-state index in [9.17, 15) is 0 Å². The Morgan fingerprint density at radius 3 is 2.13 bits per heavy atom. The second kappa shape index (κ2) is 4.36. The Morgan fingerprint density at radius 2 is 1.67 bits per heavy atom. The summed E-state index contributed by atoms with van der Waals surface area (Å²) in [5, 5.41) is 4.13. The molecule has 0 amide bonds. The smallest absolute Gasteiger partial charge is 0.130 e. The summed E-state index contributed by atoms with van der Waals surface area (Å²) in [5.74, 6) is 1.68. The Morgan fingerprint density at radius 1 is 1.00 bits per heavy atom. The first-order chi connectivity index (χ1) is 7.36. The number of hydrogen-bond acceptors (Lipinski definition) is 3. The van der Waals surface area contributed by atoms with Crippen molar-refractivity contribution >= 4 is 11.3 Å². The van der Waals surface area contributed by atoms with E-state index in [0.717, 1.165) is 22.6 Å². The van der Waals surface area contributed by atoms with E-state index < -0.39 is 0 Å². The molecule has 0 atom stereocenters. The summed E-state index contributed by atoms with van der Waals surface area (Å²) in [6.45, 7) is 0. The van der Waals surface area contributed by atoms with Gasteiger partial charge < -0.3 is 9.47 Å². The molecule has 0 saturated heterocycles. The van der Waals surface area contributed by atoms with Crippen LogP contribution in [0.25, 0.3) is 11.1 Å². The van der Waals surface area contributed by atoms with Gasteiger partial charge in [0.2, 0.25) is 0 Å². The fourth-order valence-corrected chi connectivity index (χ4v) is 2.19. The van der Waals surface area contributed by atoms with Crippen LogP contribution in [-0.2, 0) is 0 Å². The Labute approximate surface area is 93.1 Å². The molecule has 0 saturated carbocycles. The third-order valence-corrected chi connectivity index (χ3v) is 2.92. The number of rotatable bonds is 3. The lowest BCUT2D eigenvalue weighted by molar-refractivity contribution is 0.397. The highest BCUT2D eigenvalue weighted by Crippen LogP contribution is 2.38. The molecule has 2 aromatic rings. The minimum absolute atomic E-state index is 0.841. The molecule has 2 nitrogen and oxygen atoms in total. The molecule has 3 heteroatoms. The Hall–Kier alpha value is -1.48. The molecule has 1 aromatic heterocycles. The molecule has 0 aliphatic rings. The van der Waals surface area contributed by atoms with E-state index in [4.69, 9.17) is 9.47 Å². The third-order valence-electron chi connectivity index (χ3n) is 2.24. The molecular formula is C12H12O2S. The predicted molar refractivity (Wildman–Crippen MR) is 62.9 cm³/mol. The monoisotopic (exact) mass is 220 g/mol. The molecule has 0 bridgehead atoms. The molecular weight excluding hydrogens is 208 g/mol. The van der Waals surface area contributed by atoms with Crippen molar-refractivity contribution in [3.05, 3.63) is 35.0 Å². The van der Waals surface area contributed by atoms with E-state index in [1.54, 1.807) is 25.6 Å². The molecule has 78 valence electrons. The van der Waals surface area contributed by atoms with Crippen molar-refractivity contribution in [2.45, 2.75) is 0 Å². The largest absolute Gasteiger partial charge is 0.496 e. The van der Waals surface area contributed by atoms with Gasteiger partial charge in [0.05, 0.1) is 19.8 Å². The zero-order valence-electron chi connectivity index (χ0n) is 8.69. The van der Waals surface area contributed by atoms with E-state index >= 15 is 0 Å². The van der Waals surface area contributed by atoms with Crippen LogP contribution in [0.3, 0.4) is 0 Å². The zero-order valence-corrected chi connectivity index (χ0v) is 9.51. The first kappa shape index (κ1) is 10.1. The minimum Gasteiger partial charge on any atom is -0.496 e. The summed E-state index contributed by atoms with van der Waals surface area (Å²) in [5.41, 5.74) is 2.15. The lowest BCUT2D eigenvalue weighted by Crippen LogP contribution is -1.91. The average molecular weight is 220 g/mol. The standard InChI is InChI=1S/C12H12O2S/c1-13-10-4-3-5-11(14-2)12(10)9-6-7-15-8-9/h3-8H,1-2H3. The predicted octanol–water partition coefficient (Wildman–Crippen LogP) is 3.43. The van der Waals surface area contributed by atoms with E-state index in [1.807, 2.05) is 23.6 Å². The highest BCUT2D eigenvalue weighted by molar-refractivity contribution is 7.08. The van der Waals surface area contributed by atoms with Gasteiger partial charge in [0.25, 0.3) is 0 Å². The van der Waals surface area contributed by atoms with E-state index in [2.05, 4.69) is 11.4 Å². The van der Waals surface area contributed by atoms with Gasteiger partial charge in [-0.15, -0.1) is 0 Å². The maximum absolute atomic E-state index is 5.34. The van der Waals surface area contributed by atoms with Crippen LogP contribution in [0.1, 0.15) is 0 Å². The second-order valence-corrected chi connectivity index (χ2v) is 3.83. The van der Waals surface area contributed by atoms with E-state index in [0.29, 0.717) is 0 Å². The van der Waals surface area contributed by atoms with Crippen molar-refractivity contribution in [2.75, 3.05) is 14.2 Å². The van der Waals surface area contributed by atoms with Gasteiger partial charge in [0.15, 0.2) is 0 Å². The second-order valence-electron chi connectivity index (χ2n) is 3.05. The first-order valence-electron chi connectivity index (χ1n) is 4.60. The van der Waals surface area contributed by atoms with Crippen LogP contribution in [-0.4, -0.2) is 14.2 Å². The van der Waals surface area contributed by atoms with E-state index in [-0.39, 0.29) is 0 Å². The number of hydrogen-bond donors (Lipinski definition) is 0. The molecule has 0 aliphatic heterocycles. The Balaban J connectivity index is 2.61. The van der Waals surface area contributed by atoms with Crippen LogP contribution in [0.2, 0.25) is 0 Å². The fraction of sp³-hybridized carbons (Fsp3) is 0.167. The van der Waals surface area contributed by atoms with Crippen molar-refractivity contribution in [3.8, 4) is 22.6 Å². The highest BCUT2D eigenvalue weighted by atomic mass is 32.1. The molecule has 0 unspecified atom stereocenters. The normalized spacial score (nSPS) is 10.0. The Bertz CT molecular complexity index is 413. The molecule has 2 rings (SSSR count). The molecule has 0 fully saturated rings. The van der Waals surface area contributed by atoms with Crippen LogP contribution in [0.15, 0.2) is 35.0 Å². The topological polar surface area (TPSA) is 18.5 Å². The van der Waals surface area contributed by atoms with Crippen molar-refractivity contribution < 1.29 is 9.47 Å². The van der Waals surface area contributed by atoms with Gasteiger partial charge in [0, 0.05) is 0 Å². The summed E-state index contributed by atoms with van der Waals surface area (Å²) in [6.07, 6.45) is 0. The summed E-state index contributed by atoms with van der Waals surface area (Å²) in [7, 11) is 3.34. The quantitative estimate of drug-likeness (QED) is 0.789. The van der Waals surface area contributed by atoms with Crippen molar-refractivity contribution in [1.82, 2.24) is 0 Å². The maximum Gasteiger partial charge on any atom is 0.130 e. The van der Waals surface area contributed by atoms with E-state index in [1.165, 1.54) is 0 Å². The molecule has 0 aliphatic carbocycles. The SMILES string of the molecule is COc1cccc(OC)c1-c1ccsc1. The number of ether oxygens (including phenoxy) is 2. The molecule has 0 radical (unpaired) electrons. The minimum atomic E-state index is 0.841. The number of thiophene rings is 1. The number of methoxy groups -OCH3 is 2.